The van der Waals surface area contributed by atoms with E-state index in [0.717, 1.165) is 0 Å². The van der Waals surface area contributed by atoms with Crippen molar-refractivity contribution in [1.29, 1.82) is 0 Å². The third-order valence-corrected chi connectivity index (χ3v) is 0.830. The van der Waals surface area contributed by atoms with E-state index in [2.05, 4.69) is 5.50 Å². The summed E-state index contributed by atoms with van der Waals surface area (Å²) in [5, 5.41) is 16.8. The van der Waals surface area contributed by atoms with Crippen LogP contribution in [-0.4, -0.2) is 38.8 Å². The highest BCUT2D eigenvalue weighted by atomic mass is 31.2. The van der Waals surface area contributed by atoms with Crippen LogP contribution in [0.4, 0.5) is 0 Å². The maximum atomic E-state index is 8.54. The van der Waals surface area contributed by atoms with Gasteiger partial charge in [-0.1, -0.05) is 0 Å². The summed E-state index contributed by atoms with van der Waals surface area (Å²) in [7, 11) is -2.12. The fraction of sp³-hybridized carbons (Fsp3) is 1.00. The van der Waals surface area contributed by atoms with Gasteiger partial charge >= 0.3 is 0 Å². The molecule has 2 atom stereocenters. The van der Waals surface area contributed by atoms with Gasteiger partial charge in [-0.15, -0.1) is 0 Å². The van der Waals surface area contributed by atoms with Crippen LogP contribution in [0.25, 0.3) is 0 Å². The van der Waals surface area contributed by atoms with Crippen molar-refractivity contribution < 1.29 is 20.0 Å². The lowest BCUT2D eigenvalue weighted by Gasteiger charge is -2.08. The molecule has 0 saturated heterocycles. The molecule has 0 spiro atoms. The topological polar surface area (TPSA) is 133 Å². The third-order valence-electron chi connectivity index (χ3n) is 0.830. The molecule has 0 aromatic carbocycles. The first-order valence-corrected chi connectivity index (χ1v) is 4.20. The van der Waals surface area contributed by atoms with Crippen molar-refractivity contribution in [2.75, 3.05) is 6.61 Å². The molecule has 0 bridgehead atoms. The highest BCUT2D eigenvalue weighted by molar-refractivity contribution is 7.42. The van der Waals surface area contributed by atoms with Gasteiger partial charge in [0.2, 0.25) is 8.53 Å². The highest BCUT2D eigenvalue weighted by Gasteiger charge is 2.04. The van der Waals surface area contributed by atoms with Gasteiger partial charge in [-0.25, -0.2) is 0 Å². The zero-order chi connectivity index (χ0) is 9.44. The van der Waals surface area contributed by atoms with Gasteiger partial charge in [0, 0.05) is 0 Å². The summed E-state index contributed by atoms with van der Waals surface area (Å²) in [6.07, 6.45) is -0.606. The van der Waals surface area contributed by atoms with Gasteiger partial charge in [0.25, 0.3) is 0 Å². The summed E-state index contributed by atoms with van der Waals surface area (Å²) in [5.74, 6) is 0. The number of nitrogens with two attached hydrogens (primary N) is 2. The van der Waals surface area contributed by atoms with Crippen molar-refractivity contribution in [2.45, 2.75) is 19.1 Å². The monoisotopic (exact) mass is 186 g/mol. The molecule has 11 heavy (non-hydrogen) atoms. The molecule has 70 valence electrons. The van der Waals surface area contributed by atoms with E-state index in [4.69, 9.17) is 25.7 Å². The van der Waals surface area contributed by atoms with Gasteiger partial charge in [0.1, 0.15) is 0 Å². The Morgan fingerprint density at radius 1 is 1.45 bits per heavy atom. The van der Waals surface area contributed by atoms with Gasteiger partial charge < -0.3 is 25.7 Å². The summed E-state index contributed by atoms with van der Waals surface area (Å²) in [6.45, 7) is 1.39. The van der Waals surface area contributed by atoms with Crippen molar-refractivity contribution in [3.63, 3.8) is 0 Å². The van der Waals surface area contributed by atoms with E-state index in [9.17, 15) is 0 Å². The molecule has 0 aliphatic rings. The second-order valence-corrected chi connectivity index (χ2v) is 2.55. The van der Waals surface area contributed by atoms with Gasteiger partial charge in [-0.3, -0.25) is 5.50 Å². The van der Waals surface area contributed by atoms with E-state index in [-0.39, 0.29) is 6.61 Å². The molecule has 0 rings (SSSR count). The Bertz CT molecular complexity index is 79.7. The second kappa shape index (κ2) is 8.29. The molecule has 0 radical (unpaired) electrons. The predicted molar refractivity (Wildman–Crippen MR) is 42.3 cm³/mol. The molecule has 0 amide bonds. The molecule has 0 aliphatic carbocycles. The second-order valence-electron chi connectivity index (χ2n) is 1.91. The van der Waals surface area contributed by atoms with Crippen LogP contribution in [0.15, 0.2) is 0 Å². The van der Waals surface area contributed by atoms with Crippen molar-refractivity contribution in [1.82, 2.24) is 0 Å². The van der Waals surface area contributed by atoms with Crippen LogP contribution in [0.2, 0.25) is 0 Å². The maximum Gasteiger partial charge on any atom is 0.247 e. The van der Waals surface area contributed by atoms with E-state index in [1.807, 2.05) is 0 Å². The lowest BCUT2D eigenvalue weighted by Crippen LogP contribution is -2.35. The van der Waals surface area contributed by atoms with Gasteiger partial charge in [0.05, 0.1) is 18.8 Å². The molecule has 0 fully saturated rings. The zero-order valence-corrected chi connectivity index (χ0v) is 7.15. The average molecular weight is 186 g/mol. The zero-order valence-electron chi connectivity index (χ0n) is 6.25. The van der Waals surface area contributed by atoms with Crippen LogP contribution >= 0.6 is 8.53 Å². The van der Waals surface area contributed by atoms with Crippen molar-refractivity contribution in [3.05, 3.63) is 0 Å². The Hall–Kier alpha value is 0.190. The molecule has 0 heterocycles. The van der Waals surface area contributed by atoms with Crippen LogP contribution in [-0.2, 0) is 0 Å². The SMILES string of the molecule is C[C@@H](O)[C@H](N)CO.NP(O)O. The first kappa shape index (κ1) is 13.8. The Labute approximate surface area is 66.4 Å². The molecule has 0 aliphatic heterocycles. The quantitative estimate of drug-likeness (QED) is 0.272. The Morgan fingerprint density at radius 2 is 1.73 bits per heavy atom. The smallest absolute Gasteiger partial charge is 0.247 e. The average Bonchev–Trinajstić information content (AvgIpc) is 1.85. The first-order valence-electron chi connectivity index (χ1n) is 2.88. The number of hydrogen-bond donors (Lipinski definition) is 6. The molecular weight excluding hydrogens is 171 g/mol. The third kappa shape index (κ3) is 17.8. The van der Waals surface area contributed by atoms with Crippen molar-refractivity contribution >= 4 is 8.53 Å². The molecule has 0 saturated carbocycles. The molecule has 0 aromatic rings. The van der Waals surface area contributed by atoms with Crippen LogP contribution in [0.5, 0.6) is 0 Å². The minimum atomic E-state index is -2.12. The largest absolute Gasteiger partial charge is 0.395 e. The molecule has 0 unspecified atom stereocenters. The van der Waals surface area contributed by atoms with Crippen LogP contribution in [0.3, 0.4) is 0 Å². The van der Waals surface area contributed by atoms with Crippen LogP contribution < -0.4 is 11.2 Å². The predicted octanol–water partition coefficient (Wildman–Crippen LogP) is -2.16. The normalized spacial score (nSPS) is 15.3. The van der Waals surface area contributed by atoms with E-state index in [0.29, 0.717) is 0 Å². The minimum absolute atomic E-state index is 0.155. The maximum absolute atomic E-state index is 8.54. The van der Waals surface area contributed by atoms with E-state index < -0.39 is 20.7 Å². The minimum Gasteiger partial charge on any atom is -0.395 e. The number of hydrogen-bond acceptors (Lipinski definition) is 6. The standard InChI is InChI=1S/C4H11NO2.H4NO2P/c1-3(7)4(5)2-6;1-4(2)3/h3-4,6-7H,2,5H2,1H3;2-3H,1H2/t3-,4-;/m1./s1. The summed E-state index contributed by atoms with van der Waals surface area (Å²) < 4.78 is 0. The van der Waals surface area contributed by atoms with Gasteiger partial charge in [-0.2, -0.15) is 0 Å². The van der Waals surface area contributed by atoms with Crippen LogP contribution in [0.1, 0.15) is 6.92 Å². The Kier molecular flexibility index (Phi) is 10.4. The molecule has 6 nitrogen and oxygen atoms in total. The number of rotatable bonds is 2. The molecular formula is C4H15N2O4P. The summed E-state index contributed by atoms with van der Waals surface area (Å²) in [5.41, 5.74) is 9.40. The summed E-state index contributed by atoms with van der Waals surface area (Å²) in [6, 6.07) is -0.486. The Balaban J connectivity index is 0. The fourth-order valence-corrected chi connectivity index (χ4v) is 0.153. The van der Waals surface area contributed by atoms with E-state index >= 15 is 0 Å². The fourth-order valence-electron chi connectivity index (χ4n) is 0.153. The lowest BCUT2D eigenvalue weighted by atomic mass is 10.2. The number of aliphatic hydroxyl groups excluding tert-OH is 2. The summed E-state index contributed by atoms with van der Waals surface area (Å²) >= 11 is 0. The van der Waals surface area contributed by atoms with E-state index in [1.54, 1.807) is 6.92 Å². The lowest BCUT2D eigenvalue weighted by molar-refractivity contribution is 0.123. The van der Waals surface area contributed by atoms with Gasteiger partial charge in [0.15, 0.2) is 0 Å². The molecule has 0 aromatic heterocycles. The summed E-state index contributed by atoms with van der Waals surface area (Å²) in [4.78, 5) is 14.9. The Morgan fingerprint density at radius 3 is 1.73 bits per heavy atom. The van der Waals surface area contributed by atoms with Crippen LogP contribution in [0, 0.1) is 0 Å². The van der Waals surface area contributed by atoms with E-state index in [1.165, 1.54) is 0 Å². The first-order chi connectivity index (χ1) is 4.91. The van der Waals surface area contributed by atoms with Crippen molar-refractivity contribution in [2.24, 2.45) is 11.2 Å². The van der Waals surface area contributed by atoms with Gasteiger partial charge in [-0.05, 0) is 6.92 Å². The molecule has 8 N–H and O–H groups in total. The number of aliphatic hydroxyl groups is 2. The highest BCUT2D eigenvalue weighted by Crippen LogP contribution is 2.05. The van der Waals surface area contributed by atoms with Crippen molar-refractivity contribution in [3.8, 4) is 0 Å². The molecule has 7 heteroatoms.